The second kappa shape index (κ2) is 9.76. The van der Waals surface area contributed by atoms with Gasteiger partial charge in [-0.1, -0.05) is 24.3 Å². The first-order valence-corrected chi connectivity index (χ1v) is 11.8. The Morgan fingerprint density at radius 1 is 1.06 bits per heavy atom. The van der Waals surface area contributed by atoms with E-state index in [1.165, 1.54) is 35.6 Å². The summed E-state index contributed by atoms with van der Waals surface area (Å²) in [6, 6.07) is 13.4. The highest BCUT2D eigenvalue weighted by Crippen LogP contribution is 2.28. The van der Waals surface area contributed by atoms with Crippen molar-refractivity contribution in [1.82, 2.24) is 20.1 Å². The fourth-order valence-corrected chi connectivity index (χ4v) is 4.27. The van der Waals surface area contributed by atoms with Crippen molar-refractivity contribution in [1.29, 1.82) is 0 Å². The lowest BCUT2D eigenvalue weighted by Crippen LogP contribution is -2.32. The molecule has 0 saturated carbocycles. The third kappa shape index (κ3) is 5.51. The number of nitrogens with one attached hydrogen (secondary N) is 2. The normalized spacial score (nSPS) is 10.8. The van der Waals surface area contributed by atoms with Gasteiger partial charge in [0.1, 0.15) is 0 Å². The molecular formula is C22H19N5O4S2. The van der Waals surface area contributed by atoms with E-state index in [1.54, 1.807) is 10.9 Å². The van der Waals surface area contributed by atoms with Crippen molar-refractivity contribution in [3.8, 4) is 22.4 Å². The molecule has 4 aromatic rings. The molecule has 2 aromatic carbocycles. The number of aryl methyl sites for hydroxylation is 1. The topological polar surface area (TPSA) is 123 Å². The monoisotopic (exact) mass is 481 g/mol. The van der Waals surface area contributed by atoms with E-state index in [1.807, 2.05) is 42.9 Å². The third-order valence-electron chi connectivity index (χ3n) is 4.68. The van der Waals surface area contributed by atoms with Gasteiger partial charge in [0.25, 0.3) is 5.91 Å². The number of thiol groups is 1. The van der Waals surface area contributed by atoms with E-state index < -0.39 is 22.5 Å². The maximum Gasteiger partial charge on any atom is 0.251 e. The number of hydrogen-bond donors (Lipinski definition) is 3. The second-order valence-corrected chi connectivity index (χ2v) is 8.95. The number of hydrogen-bond acceptors (Lipinski definition) is 7. The Hall–Kier alpha value is -3.83. The largest absolute Gasteiger partial charge is 0.343 e. The van der Waals surface area contributed by atoms with Crippen LogP contribution < -0.4 is 10.6 Å². The summed E-state index contributed by atoms with van der Waals surface area (Å²) in [5.41, 5.74) is 3.77. The van der Waals surface area contributed by atoms with Crippen molar-refractivity contribution in [3.63, 3.8) is 0 Å². The molecule has 0 unspecified atom stereocenters. The van der Waals surface area contributed by atoms with Gasteiger partial charge in [-0.2, -0.15) is 5.10 Å². The molecule has 0 fully saturated rings. The van der Waals surface area contributed by atoms with Crippen molar-refractivity contribution >= 4 is 39.0 Å². The SMILES string of the molecule is Cn1cc(-c2cccc(-c3csc(NC(=O)CNC(=O)c4cccc([SH](=O)=O)c4)n3)c2)cn1. The molecule has 9 nitrogen and oxygen atoms in total. The Labute approximate surface area is 195 Å². The quantitative estimate of drug-likeness (QED) is 0.349. The molecule has 0 spiro atoms. The number of carbonyl (C=O) groups is 2. The average Bonchev–Trinajstić information content (AvgIpc) is 3.47. The Morgan fingerprint density at radius 3 is 2.61 bits per heavy atom. The molecule has 2 aromatic heterocycles. The second-order valence-electron chi connectivity index (χ2n) is 7.06. The number of benzene rings is 2. The maximum atomic E-state index is 12.2. The van der Waals surface area contributed by atoms with Crippen LogP contribution in [-0.2, 0) is 22.5 Å². The lowest BCUT2D eigenvalue weighted by Gasteiger charge is -2.05. The minimum Gasteiger partial charge on any atom is -0.343 e. The van der Waals surface area contributed by atoms with Crippen LogP contribution in [0.5, 0.6) is 0 Å². The minimum absolute atomic E-state index is 0.0324. The van der Waals surface area contributed by atoms with Crippen LogP contribution in [0.2, 0.25) is 0 Å². The maximum absolute atomic E-state index is 12.2. The highest BCUT2D eigenvalue weighted by Gasteiger charge is 2.12. The molecule has 0 radical (unpaired) electrons. The van der Waals surface area contributed by atoms with Crippen LogP contribution >= 0.6 is 11.3 Å². The van der Waals surface area contributed by atoms with Crippen LogP contribution in [0, 0.1) is 0 Å². The van der Waals surface area contributed by atoms with E-state index in [-0.39, 0.29) is 17.0 Å². The molecule has 33 heavy (non-hydrogen) atoms. The van der Waals surface area contributed by atoms with Gasteiger partial charge in [0.15, 0.2) is 15.8 Å². The van der Waals surface area contributed by atoms with Gasteiger partial charge in [0.2, 0.25) is 5.91 Å². The highest BCUT2D eigenvalue weighted by atomic mass is 32.2. The summed E-state index contributed by atoms with van der Waals surface area (Å²) in [6.07, 6.45) is 3.72. The fourth-order valence-electron chi connectivity index (χ4n) is 3.08. The van der Waals surface area contributed by atoms with Crippen molar-refractivity contribution in [3.05, 3.63) is 71.9 Å². The Kier molecular flexibility index (Phi) is 6.61. The summed E-state index contributed by atoms with van der Waals surface area (Å²) < 4.78 is 23.9. The van der Waals surface area contributed by atoms with Crippen LogP contribution in [0.15, 0.2) is 71.2 Å². The predicted octanol–water partition coefficient (Wildman–Crippen LogP) is 2.55. The van der Waals surface area contributed by atoms with Crippen molar-refractivity contribution < 1.29 is 18.0 Å². The van der Waals surface area contributed by atoms with E-state index in [0.717, 1.165) is 16.7 Å². The van der Waals surface area contributed by atoms with Gasteiger partial charge in [0, 0.05) is 35.3 Å². The van der Waals surface area contributed by atoms with Crippen molar-refractivity contribution in [2.45, 2.75) is 4.90 Å². The number of aromatic nitrogens is 3. The van der Waals surface area contributed by atoms with E-state index in [4.69, 9.17) is 0 Å². The lowest BCUT2D eigenvalue weighted by molar-refractivity contribution is -0.115. The number of anilines is 1. The average molecular weight is 482 g/mol. The first-order valence-electron chi connectivity index (χ1n) is 9.76. The molecule has 0 aliphatic heterocycles. The summed E-state index contributed by atoms with van der Waals surface area (Å²) in [7, 11) is -0.935. The summed E-state index contributed by atoms with van der Waals surface area (Å²) in [5, 5.41) is 11.6. The third-order valence-corrected chi connectivity index (χ3v) is 6.13. The zero-order chi connectivity index (χ0) is 23.4. The number of thiazole rings is 1. The molecule has 0 bridgehead atoms. The van der Waals surface area contributed by atoms with E-state index >= 15 is 0 Å². The number of nitrogens with zero attached hydrogens (tertiary/aromatic N) is 3. The zero-order valence-electron chi connectivity index (χ0n) is 17.4. The van der Waals surface area contributed by atoms with Crippen molar-refractivity contribution in [2.24, 2.45) is 7.05 Å². The molecule has 0 atom stereocenters. The molecule has 0 aliphatic carbocycles. The van der Waals surface area contributed by atoms with Crippen LogP contribution in [0.4, 0.5) is 5.13 Å². The van der Waals surface area contributed by atoms with Gasteiger partial charge in [-0.05, 0) is 29.8 Å². The van der Waals surface area contributed by atoms with Crippen LogP contribution in [0.1, 0.15) is 10.4 Å². The number of rotatable bonds is 7. The highest BCUT2D eigenvalue weighted by molar-refractivity contribution is 7.72. The van der Waals surface area contributed by atoms with Gasteiger partial charge in [-0.3, -0.25) is 14.3 Å². The standard InChI is InChI=1S/C22H19N5O4S2/c1-27-12-17(10-24-27)14-4-2-5-15(8-14)19-13-32-22(25-19)26-20(28)11-23-21(29)16-6-3-7-18(9-16)33(30)31/h2-10,12-13,33H,11H2,1H3,(H,23,29)(H,25,26,28). The number of carbonyl (C=O) groups excluding carboxylic acids is 2. The minimum atomic E-state index is -2.79. The van der Waals surface area contributed by atoms with Gasteiger partial charge >= 0.3 is 0 Å². The van der Waals surface area contributed by atoms with E-state index in [9.17, 15) is 18.0 Å². The van der Waals surface area contributed by atoms with Gasteiger partial charge in [-0.15, -0.1) is 11.3 Å². The zero-order valence-corrected chi connectivity index (χ0v) is 19.1. The smallest absolute Gasteiger partial charge is 0.251 e. The van der Waals surface area contributed by atoms with Crippen LogP contribution in [0.3, 0.4) is 0 Å². The number of amides is 2. The molecule has 4 rings (SSSR count). The van der Waals surface area contributed by atoms with Gasteiger partial charge in [-0.25, -0.2) is 13.4 Å². The molecule has 2 amide bonds. The fraction of sp³-hybridized carbons (Fsp3) is 0.0909. The summed E-state index contributed by atoms with van der Waals surface area (Å²) in [5.74, 6) is -0.990. The van der Waals surface area contributed by atoms with E-state index in [2.05, 4.69) is 20.7 Å². The molecule has 0 aliphatic rings. The predicted molar refractivity (Wildman–Crippen MR) is 126 cm³/mol. The van der Waals surface area contributed by atoms with E-state index in [0.29, 0.717) is 10.8 Å². The summed E-state index contributed by atoms with van der Waals surface area (Å²) in [6.45, 7) is -0.280. The lowest BCUT2D eigenvalue weighted by atomic mass is 10.1. The van der Waals surface area contributed by atoms with Crippen LogP contribution in [-0.4, -0.2) is 41.5 Å². The Bertz CT molecular complexity index is 1400. The Morgan fingerprint density at radius 2 is 1.85 bits per heavy atom. The van der Waals surface area contributed by atoms with Crippen LogP contribution in [0.25, 0.3) is 22.4 Å². The molecule has 168 valence electrons. The molecule has 11 heteroatoms. The van der Waals surface area contributed by atoms with Gasteiger partial charge < -0.3 is 10.6 Å². The van der Waals surface area contributed by atoms with Crippen molar-refractivity contribution in [2.75, 3.05) is 11.9 Å². The summed E-state index contributed by atoms with van der Waals surface area (Å²) in [4.78, 5) is 28.9. The molecule has 2 N–H and O–H groups in total. The Balaban J connectivity index is 1.37. The summed E-state index contributed by atoms with van der Waals surface area (Å²) >= 11 is 1.27. The molecule has 2 heterocycles. The molecule has 0 saturated heterocycles. The van der Waals surface area contributed by atoms with Gasteiger partial charge in [0.05, 0.1) is 23.3 Å². The first-order chi connectivity index (χ1) is 15.9. The first kappa shape index (κ1) is 22.4. The molecular weight excluding hydrogens is 462 g/mol.